The quantitative estimate of drug-likeness (QED) is 0.797. The first kappa shape index (κ1) is 10.5. The summed E-state index contributed by atoms with van der Waals surface area (Å²) in [4.78, 5) is 8.34. The number of nitrogens with one attached hydrogen (secondary N) is 1. The van der Waals surface area contributed by atoms with Gasteiger partial charge in [0.05, 0.1) is 12.8 Å². The van der Waals surface area contributed by atoms with Crippen molar-refractivity contribution in [3.63, 3.8) is 0 Å². The molecule has 1 N–H and O–H groups in total. The molecule has 0 spiro atoms. The van der Waals surface area contributed by atoms with Crippen LogP contribution in [0.5, 0.6) is 6.01 Å². The summed E-state index contributed by atoms with van der Waals surface area (Å²) in [5, 5.41) is 2.96. The number of hydrogen-bond donors (Lipinski definition) is 1. The topological polar surface area (TPSA) is 47.0 Å². The van der Waals surface area contributed by atoms with Crippen molar-refractivity contribution in [2.24, 2.45) is 0 Å². The third-order valence-electron chi connectivity index (χ3n) is 1.98. The maximum absolute atomic E-state index is 5.00. The zero-order chi connectivity index (χ0) is 10.6. The lowest BCUT2D eigenvalue weighted by Crippen LogP contribution is -2.00. The van der Waals surface area contributed by atoms with Crippen molar-refractivity contribution >= 4 is 11.4 Å². The summed E-state index contributed by atoms with van der Waals surface area (Å²) in [6, 6.07) is 2.27. The Kier molecular flexibility index (Phi) is 3.45. The molecule has 1 aromatic rings. The smallest absolute Gasteiger partial charge is 0.318 e. The maximum atomic E-state index is 5.00. The number of ether oxygens (including phenoxy) is 1. The maximum Gasteiger partial charge on any atom is 0.318 e. The molecule has 4 nitrogen and oxygen atoms in total. The van der Waals surface area contributed by atoms with Gasteiger partial charge in [0.2, 0.25) is 0 Å². The lowest BCUT2D eigenvalue weighted by atomic mass is 10.2. The van der Waals surface area contributed by atoms with E-state index >= 15 is 0 Å². The van der Waals surface area contributed by atoms with Gasteiger partial charge in [0.25, 0.3) is 0 Å². The van der Waals surface area contributed by atoms with Crippen LogP contribution in [0.4, 0.5) is 5.82 Å². The van der Waals surface area contributed by atoms with Crippen molar-refractivity contribution < 1.29 is 4.74 Å². The predicted molar refractivity (Wildman–Crippen MR) is 57.5 cm³/mol. The van der Waals surface area contributed by atoms with Gasteiger partial charge in [0.15, 0.2) is 0 Å². The van der Waals surface area contributed by atoms with E-state index in [4.69, 9.17) is 4.74 Å². The fourth-order valence-corrected chi connectivity index (χ4v) is 0.994. The minimum atomic E-state index is 0.382. The molecule has 0 amide bonds. The van der Waals surface area contributed by atoms with Crippen LogP contribution in [0.3, 0.4) is 0 Å². The number of rotatable bonds is 3. The van der Waals surface area contributed by atoms with Crippen molar-refractivity contribution in [1.82, 2.24) is 9.97 Å². The zero-order valence-electron chi connectivity index (χ0n) is 8.96. The van der Waals surface area contributed by atoms with Crippen LogP contribution in [0.15, 0.2) is 12.1 Å². The van der Waals surface area contributed by atoms with Crippen LogP contribution in [-0.4, -0.2) is 24.1 Å². The Morgan fingerprint density at radius 3 is 2.71 bits per heavy atom. The molecule has 1 heterocycles. The molecule has 0 aliphatic carbocycles. The average Bonchev–Trinajstić information content (AvgIpc) is 2.27. The summed E-state index contributed by atoms with van der Waals surface area (Å²) < 4.78 is 5.00. The summed E-state index contributed by atoms with van der Waals surface area (Å²) in [5.41, 5.74) is 1.98. The van der Waals surface area contributed by atoms with E-state index in [0.29, 0.717) is 6.01 Å². The van der Waals surface area contributed by atoms with Crippen molar-refractivity contribution in [3.05, 3.63) is 17.8 Å². The Balaban J connectivity index is 3.17. The highest BCUT2D eigenvalue weighted by atomic mass is 16.5. The zero-order valence-corrected chi connectivity index (χ0v) is 8.96. The van der Waals surface area contributed by atoms with Gasteiger partial charge in [-0.25, -0.2) is 0 Å². The summed E-state index contributed by atoms with van der Waals surface area (Å²) in [7, 11) is 3.38. The number of nitrogens with zero attached hydrogens (tertiary/aromatic N) is 2. The Morgan fingerprint density at radius 1 is 1.50 bits per heavy atom. The van der Waals surface area contributed by atoms with Gasteiger partial charge in [0.1, 0.15) is 5.82 Å². The minimum Gasteiger partial charge on any atom is -0.467 e. The van der Waals surface area contributed by atoms with E-state index in [1.807, 2.05) is 33.0 Å². The molecule has 4 heteroatoms. The number of allylic oxidation sites excluding steroid dienone is 2. The fraction of sp³-hybridized carbons (Fsp3) is 0.400. The normalized spacial score (nSPS) is 11.3. The van der Waals surface area contributed by atoms with Gasteiger partial charge < -0.3 is 10.1 Å². The molecule has 14 heavy (non-hydrogen) atoms. The van der Waals surface area contributed by atoms with Crippen molar-refractivity contribution in [2.75, 3.05) is 19.5 Å². The Bertz CT molecular complexity index is 325. The van der Waals surface area contributed by atoms with Gasteiger partial charge in [-0.1, -0.05) is 6.08 Å². The van der Waals surface area contributed by atoms with E-state index in [1.54, 1.807) is 7.11 Å². The lowest BCUT2D eigenvalue weighted by molar-refractivity contribution is 0.380. The summed E-state index contributed by atoms with van der Waals surface area (Å²) in [6.45, 7) is 3.98. The Labute approximate surface area is 84.0 Å². The molecular weight excluding hydrogens is 178 g/mol. The van der Waals surface area contributed by atoms with E-state index in [-0.39, 0.29) is 0 Å². The summed E-state index contributed by atoms with van der Waals surface area (Å²) >= 11 is 0. The number of hydrogen-bond acceptors (Lipinski definition) is 4. The molecule has 1 aromatic heterocycles. The van der Waals surface area contributed by atoms with Gasteiger partial charge in [0, 0.05) is 13.1 Å². The number of aromatic nitrogens is 2. The fourth-order valence-electron chi connectivity index (χ4n) is 0.994. The van der Waals surface area contributed by atoms with Gasteiger partial charge in [-0.2, -0.15) is 9.97 Å². The second kappa shape index (κ2) is 4.60. The molecule has 1 rings (SSSR count). The predicted octanol–water partition coefficient (Wildman–Crippen LogP) is 1.95. The van der Waals surface area contributed by atoms with E-state index < -0.39 is 0 Å². The molecule has 0 bridgehead atoms. The van der Waals surface area contributed by atoms with Gasteiger partial charge in [-0.05, 0) is 19.4 Å². The van der Waals surface area contributed by atoms with Crippen LogP contribution in [-0.2, 0) is 0 Å². The summed E-state index contributed by atoms with van der Waals surface area (Å²) in [6.07, 6.45) is 2.00. The second-order valence-electron chi connectivity index (χ2n) is 2.85. The average molecular weight is 193 g/mol. The molecule has 0 radical (unpaired) electrons. The van der Waals surface area contributed by atoms with Gasteiger partial charge >= 0.3 is 6.01 Å². The highest BCUT2D eigenvalue weighted by molar-refractivity contribution is 5.62. The summed E-state index contributed by atoms with van der Waals surface area (Å²) in [5.74, 6) is 0.757. The van der Waals surface area contributed by atoms with Crippen molar-refractivity contribution in [2.45, 2.75) is 13.8 Å². The Morgan fingerprint density at radius 2 is 2.21 bits per heavy atom. The number of anilines is 1. The van der Waals surface area contributed by atoms with Gasteiger partial charge in [-0.15, -0.1) is 0 Å². The molecule has 0 saturated heterocycles. The SMILES string of the molecule is C/C=C(\C)c1cc(NC)nc(OC)n1. The third-order valence-corrected chi connectivity index (χ3v) is 1.98. The molecule has 0 atom stereocenters. The van der Waals surface area contributed by atoms with Crippen LogP contribution in [0, 0.1) is 0 Å². The second-order valence-corrected chi connectivity index (χ2v) is 2.85. The number of methoxy groups -OCH3 is 1. The Hall–Kier alpha value is -1.58. The van der Waals surface area contributed by atoms with Crippen molar-refractivity contribution in [1.29, 1.82) is 0 Å². The van der Waals surface area contributed by atoms with Crippen LogP contribution in [0.2, 0.25) is 0 Å². The lowest BCUT2D eigenvalue weighted by Gasteiger charge is -2.06. The highest BCUT2D eigenvalue weighted by Gasteiger charge is 2.04. The molecule has 0 saturated carbocycles. The first-order chi connectivity index (χ1) is 6.71. The molecular formula is C10H15N3O. The van der Waals surface area contributed by atoms with Crippen molar-refractivity contribution in [3.8, 4) is 6.01 Å². The molecule has 0 fully saturated rings. The minimum absolute atomic E-state index is 0.382. The first-order valence-corrected chi connectivity index (χ1v) is 4.45. The highest BCUT2D eigenvalue weighted by Crippen LogP contribution is 2.17. The van der Waals surface area contributed by atoms with E-state index in [9.17, 15) is 0 Å². The third kappa shape index (κ3) is 2.22. The van der Waals surface area contributed by atoms with E-state index in [0.717, 1.165) is 17.1 Å². The van der Waals surface area contributed by atoms with E-state index in [1.165, 1.54) is 0 Å². The van der Waals surface area contributed by atoms with Crippen LogP contribution < -0.4 is 10.1 Å². The van der Waals surface area contributed by atoms with Crippen LogP contribution in [0.25, 0.3) is 5.57 Å². The largest absolute Gasteiger partial charge is 0.467 e. The molecule has 0 unspecified atom stereocenters. The van der Waals surface area contributed by atoms with E-state index in [2.05, 4.69) is 15.3 Å². The monoisotopic (exact) mass is 193 g/mol. The molecule has 0 aliphatic heterocycles. The standard InChI is InChI=1S/C10H15N3O/c1-5-7(2)8-6-9(11-3)13-10(12-8)14-4/h5-6H,1-4H3,(H,11,12,13)/b7-5+. The molecule has 0 aromatic carbocycles. The molecule has 0 aliphatic rings. The van der Waals surface area contributed by atoms with Gasteiger partial charge in [-0.3, -0.25) is 0 Å². The first-order valence-electron chi connectivity index (χ1n) is 4.45. The van der Waals surface area contributed by atoms with Crippen LogP contribution >= 0.6 is 0 Å². The van der Waals surface area contributed by atoms with Crippen LogP contribution in [0.1, 0.15) is 19.5 Å². The molecule has 76 valence electrons.